The van der Waals surface area contributed by atoms with Crippen LogP contribution in [0.2, 0.25) is 0 Å². The summed E-state index contributed by atoms with van der Waals surface area (Å²) in [6.07, 6.45) is 0. The number of aromatic nitrogens is 2. The summed E-state index contributed by atoms with van der Waals surface area (Å²) in [5.41, 5.74) is 1.46. The van der Waals surface area contributed by atoms with Crippen LogP contribution in [0.1, 0.15) is 0 Å². The molecule has 0 fully saturated rings. The van der Waals surface area contributed by atoms with Gasteiger partial charge in [-0.15, -0.1) is 5.10 Å². The Bertz CT molecular complexity index is 1450. The minimum atomic E-state index is -0.444. The molecule has 0 saturated heterocycles. The Labute approximate surface area is 174 Å². The molecule has 3 aromatic carbocycles. The van der Waals surface area contributed by atoms with Crippen LogP contribution in [0.15, 0.2) is 75.6 Å². The van der Waals surface area contributed by atoms with E-state index < -0.39 is 4.92 Å². The highest BCUT2D eigenvalue weighted by Crippen LogP contribution is 2.32. The van der Waals surface area contributed by atoms with Gasteiger partial charge < -0.3 is 14.2 Å². The Morgan fingerprint density at radius 3 is 2.63 bits per heavy atom. The molecule has 30 heavy (non-hydrogen) atoms. The quantitative estimate of drug-likeness (QED) is 0.220. The summed E-state index contributed by atoms with van der Waals surface area (Å²) in [4.78, 5) is 10.5. The van der Waals surface area contributed by atoms with Gasteiger partial charge in [-0.05, 0) is 47.3 Å². The molecule has 0 aliphatic heterocycles. The average Bonchev–Trinajstić information content (AvgIpc) is 3.36. The smallest absolute Gasteiger partial charge is 0.289 e. The van der Waals surface area contributed by atoms with Crippen LogP contribution in [0.4, 0.5) is 11.4 Å². The topological polar surface area (TPSA) is 99.3 Å². The van der Waals surface area contributed by atoms with E-state index >= 15 is 0 Å². The van der Waals surface area contributed by atoms with E-state index in [2.05, 4.69) is 10.4 Å². The van der Waals surface area contributed by atoms with Crippen LogP contribution in [0.3, 0.4) is 0 Å². The lowest BCUT2D eigenvalue weighted by molar-refractivity contribution is -0.384. The monoisotopic (exact) mass is 418 g/mol. The lowest BCUT2D eigenvalue weighted by Gasteiger charge is -2.04. The van der Waals surface area contributed by atoms with E-state index in [1.165, 1.54) is 16.8 Å². The Kier molecular flexibility index (Phi) is 4.29. The van der Waals surface area contributed by atoms with Crippen molar-refractivity contribution < 1.29 is 13.8 Å². The first kappa shape index (κ1) is 18.1. The Hall–Kier alpha value is -3.98. The largest absolute Gasteiger partial charge is 0.451 e. The Morgan fingerprint density at radius 2 is 1.83 bits per heavy atom. The van der Waals surface area contributed by atoms with Gasteiger partial charge in [-0.3, -0.25) is 10.1 Å². The van der Waals surface area contributed by atoms with Gasteiger partial charge in [-0.1, -0.05) is 30.3 Å². The van der Waals surface area contributed by atoms with Gasteiger partial charge in [0.2, 0.25) is 0 Å². The van der Waals surface area contributed by atoms with Crippen molar-refractivity contribution in [1.29, 1.82) is 0 Å². The van der Waals surface area contributed by atoms with Crippen molar-refractivity contribution in [3.63, 3.8) is 0 Å². The molecule has 5 aromatic rings. The molecule has 0 aliphatic carbocycles. The number of nitro benzene ring substituents is 1. The normalized spacial score (nSPS) is 11.2. The molecule has 8 nitrogen and oxygen atoms in total. The number of nitrogens with one attached hydrogen (secondary N) is 1. The molecule has 2 aromatic heterocycles. The minimum absolute atomic E-state index is 0.0262. The van der Waals surface area contributed by atoms with Crippen LogP contribution in [-0.2, 0) is 6.67 Å². The molecule has 2 heterocycles. The minimum Gasteiger partial charge on any atom is -0.451 e. The maximum atomic E-state index is 10.7. The van der Waals surface area contributed by atoms with E-state index in [0.29, 0.717) is 11.4 Å². The fraction of sp³-hybridized carbons (Fsp3) is 0.0476. The van der Waals surface area contributed by atoms with Gasteiger partial charge in [0.15, 0.2) is 5.76 Å². The lowest BCUT2D eigenvalue weighted by Crippen LogP contribution is -2.09. The van der Waals surface area contributed by atoms with Gasteiger partial charge in [0.05, 0.1) is 4.92 Å². The number of benzene rings is 3. The summed E-state index contributed by atoms with van der Waals surface area (Å²) in [6.45, 7) is 0.239. The number of anilines is 1. The van der Waals surface area contributed by atoms with Crippen LogP contribution in [0, 0.1) is 15.0 Å². The van der Waals surface area contributed by atoms with Crippen LogP contribution in [0.5, 0.6) is 0 Å². The van der Waals surface area contributed by atoms with E-state index in [9.17, 15) is 10.1 Å². The lowest BCUT2D eigenvalue weighted by atomic mass is 10.1. The number of rotatable bonds is 5. The molecule has 0 amide bonds. The van der Waals surface area contributed by atoms with E-state index in [1.54, 1.807) is 12.1 Å². The second-order valence-electron chi connectivity index (χ2n) is 6.62. The second kappa shape index (κ2) is 7.12. The van der Waals surface area contributed by atoms with Crippen molar-refractivity contribution in [3.8, 4) is 11.7 Å². The summed E-state index contributed by atoms with van der Waals surface area (Å²) in [7, 11) is 0. The summed E-state index contributed by atoms with van der Waals surface area (Å²) in [5.74, 6) is 0.771. The Balaban J connectivity index is 1.41. The number of hydrogen-bond acceptors (Lipinski definition) is 7. The molecular formula is C21H14N4O4S. The molecule has 5 rings (SSSR count). The fourth-order valence-electron chi connectivity index (χ4n) is 3.27. The summed E-state index contributed by atoms with van der Waals surface area (Å²) < 4.78 is 13.0. The van der Waals surface area contributed by atoms with Crippen molar-refractivity contribution in [1.82, 2.24) is 9.78 Å². The molecule has 0 unspecified atom stereocenters. The highest BCUT2D eigenvalue weighted by molar-refractivity contribution is 7.71. The summed E-state index contributed by atoms with van der Waals surface area (Å²) >= 11 is 5.26. The van der Waals surface area contributed by atoms with Crippen LogP contribution in [-0.4, -0.2) is 14.7 Å². The molecule has 148 valence electrons. The molecule has 0 atom stereocenters. The van der Waals surface area contributed by atoms with Crippen LogP contribution < -0.4 is 5.32 Å². The van der Waals surface area contributed by atoms with Crippen molar-refractivity contribution in [2.24, 2.45) is 0 Å². The van der Waals surface area contributed by atoms with E-state index in [1.807, 2.05) is 42.5 Å². The second-order valence-corrected chi connectivity index (χ2v) is 6.97. The molecule has 0 spiro atoms. The number of nitrogens with zero attached hydrogens (tertiary/aromatic N) is 3. The van der Waals surface area contributed by atoms with Gasteiger partial charge in [-0.2, -0.15) is 0 Å². The van der Waals surface area contributed by atoms with Crippen molar-refractivity contribution in [2.75, 3.05) is 5.32 Å². The standard InChI is InChI=1S/C21H14N4O4S/c26-25(27)15-8-6-14(7-9-15)22-12-24-21(30)29-20(23-24)19-11-17-16-4-2-1-3-13(16)5-10-18(17)28-19/h1-11,22H,12H2. The maximum Gasteiger partial charge on any atom is 0.289 e. The van der Waals surface area contributed by atoms with Gasteiger partial charge in [0.1, 0.15) is 12.3 Å². The van der Waals surface area contributed by atoms with Crippen molar-refractivity contribution in [2.45, 2.75) is 6.67 Å². The number of fused-ring (bicyclic) bond motifs is 3. The van der Waals surface area contributed by atoms with E-state index in [4.69, 9.17) is 21.1 Å². The first-order valence-electron chi connectivity index (χ1n) is 9.06. The molecular weight excluding hydrogens is 404 g/mol. The average molecular weight is 418 g/mol. The fourth-order valence-corrected chi connectivity index (χ4v) is 3.46. The highest BCUT2D eigenvalue weighted by Gasteiger charge is 2.15. The third-order valence-corrected chi connectivity index (χ3v) is 5.05. The summed E-state index contributed by atoms with van der Waals surface area (Å²) in [6, 6.07) is 20.0. The van der Waals surface area contributed by atoms with E-state index in [0.717, 1.165) is 21.7 Å². The first-order valence-corrected chi connectivity index (χ1v) is 9.47. The number of nitro groups is 1. The van der Waals surface area contributed by atoms with Gasteiger partial charge >= 0.3 is 0 Å². The van der Waals surface area contributed by atoms with Crippen LogP contribution in [0.25, 0.3) is 33.4 Å². The van der Waals surface area contributed by atoms with Gasteiger partial charge in [-0.25, -0.2) is 4.68 Å². The zero-order chi connectivity index (χ0) is 20.7. The van der Waals surface area contributed by atoms with Crippen molar-refractivity contribution in [3.05, 3.63) is 81.7 Å². The molecule has 0 aliphatic rings. The SMILES string of the molecule is O=[N+]([O-])c1ccc(NCn2nc(-c3cc4c(ccc5ccccc54)o3)oc2=S)cc1. The predicted octanol–water partition coefficient (Wildman–Crippen LogP) is 5.75. The molecule has 9 heteroatoms. The highest BCUT2D eigenvalue weighted by atomic mass is 32.1. The van der Waals surface area contributed by atoms with Crippen molar-refractivity contribution >= 4 is 45.3 Å². The van der Waals surface area contributed by atoms with Gasteiger partial charge in [0, 0.05) is 23.2 Å². The number of non-ortho nitro benzene ring substituents is 1. The molecule has 0 radical (unpaired) electrons. The maximum absolute atomic E-state index is 10.7. The number of furan rings is 1. The van der Waals surface area contributed by atoms with Crippen LogP contribution >= 0.6 is 12.2 Å². The Morgan fingerprint density at radius 1 is 1.03 bits per heavy atom. The molecule has 0 saturated carbocycles. The summed E-state index contributed by atoms with van der Waals surface area (Å²) in [5, 5.41) is 21.4. The van der Waals surface area contributed by atoms with E-state index in [-0.39, 0.29) is 23.1 Å². The third kappa shape index (κ3) is 3.20. The predicted molar refractivity (Wildman–Crippen MR) is 115 cm³/mol. The zero-order valence-corrected chi connectivity index (χ0v) is 16.3. The third-order valence-electron chi connectivity index (χ3n) is 4.75. The zero-order valence-electron chi connectivity index (χ0n) is 15.4. The molecule has 0 bridgehead atoms. The first-order chi connectivity index (χ1) is 14.6. The number of hydrogen-bond donors (Lipinski definition) is 1. The molecule has 1 N–H and O–H groups in total. The van der Waals surface area contributed by atoms with Gasteiger partial charge in [0.25, 0.3) is 16.4 Å².